The van der Waals surface area contributed by atoms with E-state index in [1.165, 1.54) is 24.3 Å². The molecule has 2 aliphatic heterocycles. The lowest BCUT2D eigenvalue weighted by Crippen LogP contribution is -2.64. The summed E-state index contributed by atoms with van der Waals surface area (Å²) in [6.45, 7) is -0.637. The molecule has 4 N–H and O–H groups in total. The number of aliphatic carboxylic acids is 1. The zero-order chi connectivity index (χ0) is 28.5. The lowest BCUT2D eigenvalue weighted by molar-refractivity contribution is -0.155. The number of rotatable bonds is 11. The maximum absolute atomic E-state index is 13.4. The third kappa shape index (κ3) is 7.49. The summed E-state index contributed by atoms with van der Waals surface area (Å²) in [5.41, 5.74) is 2.96. The zero-order valence-corrected chi connectivity index (χ0v) is 20.9. The summed E-state index contributed by atoms with van der Waals surface area (Å²) in [4.78, 5) is 85.9. The quantitative estimate of drug-likeness (QED) is 0.283. The van der Waals surface area contributed by atoms with E-state index in [-0.39, 0.29) is 56.5 Å². The number of halogens is 1. The molecule has 39 heavy (non-hydrogen) atoms. The molecular weight excluding hydrogens is 519 g/mol. The smallest absolute Gasteiger partial charge is 0.358 e. The summed E-state index contributed by atoms with van der Waals surface area (Å²) < 4.78 is 12.2. The summed E-state index contributed by atoms with van der Waals surface area (Å²) in [5.74, 6) is -3.64. The predicted molar refractivity (Wildman–Crippen MR) is 131 cm³/mol. The first-order chi connectivity index (χ1) is 18.6. The second kappa shape index (κ2) is 13.3. The van der Waals surface area contributed by atoms with Gasteiger partial charge in [0, 0.05) is 30.6 Å². The Morgan fingerprint density at radius 1 is 1.13 bits per heavy atom. The fraction of sp³-hybridized carbons (Fsp3) is 0.458. The van der Waals surface area contributed by atoms with Crippen LogP contribution in [0.1, 0.15) is 48.9 Å². The number of benzene rings is 1. The average Bonchev–Trinajstić information content (AvgIpc) is 3.03. The van der Waals surface area contributed by atoms with Crippen molar-refractivity contribution in [3.05, 3.63) is 29.8 Å². The Hall–Kier alpha value is -4.56. The van der Waals surface area contributed by atoms with Gasteiger partial charge in [-0.05, 0) is 43.5 Å². The first-order valence-corrected chi connectivity index (χ1v) is 12.3. The van der Waals surface area contributed by atoms with Crippen molar-refractivity contribution in [3.8, 4) is 0 Å². The van der Waals surface area contributed by atoms with Crippen LogP contribution >= 0.6 is 0 Å². The van der Waals surface area contributed by atoms with E-state index in [0.717, 1.165) is 15.0 Å². The molecule has 0 radical (unpaired) electrons. The van der Waals surface area contributed by atoms with Crippen molar-refractivity contribution in [2.75, 3.05) is 25.1 Å². The second-order valence-electron chi connectivity index (χ2n) is 8.91. The van der Waals surface area contributed by atoms with Crippen LogP contribution < -0.4 is 16.1 Å². The molecule has 0 unspecified atom stereocenters. The van der Waals surface area contributed by atoms with E-state index in [1.54, 1.807) is 0 Å². The minimum atomic E-state index is -1.32. The maximum atomic E-state index is 13.4. The van der Waals surface area contributed by atoms with Crippen molar-refractivity contribution in [1.29, 1.82) is 0 Å². The number of carbonyl (C=O) groups is 7. The van der Waals surface area contributed by atoms with Crippen LogP contribution in [0.4, 0.5) is 14.9 Å². The van der Waals surface area contributed by atoms with Crippen molar-refractivity contribution in [3.63, 3.8) is 0 Å². The van der Waals surface area contributed by atoms with E-state index in [1.807, 2.05) is 0 Å². The summed E-state index contributed by atoms with van der Waals surface area (Å²) in [7, 11) is 0. The molecule has 15 heteroatoms. The third-order valence-electron chi connectivity index (χ3n) is 6.06. The molecule has 0 aliphatic carbocycles. The number of amides is 6. The molecule has 0 saturated carbocycles. The van der Waals surface area contributed by atoms with Crippen LogP contribution in [-0.4, -0.2) is 93.9 Å². The number of urea groups is 1. The SMILES string of the molecule is O=C[C@H](CC(=O)O)NC(=O)[C@@H]1CCCN2C(=O)CCN(NC(=O)c3ccc(NC(=O)CCCF)cc3)C(=O)N12. The number of hydrazine groups is 2. The molecule has 2 saturated heterocycles. The number of nitrogens with zero attached hydrogens (tertiary/aromatic N) is 3. The van der Waals surface area contributed by atoms with Crippen LogP contribution in [-0.2, 0) is 24.0 Å². The number of carboxylic acids is 1. The fourth-order valence-corrected chi connectivity index (χ4v) is 4.16. The lowest BCUT2D eigenvalue weighted by Gasteiger charge is -2.42. The van der Waals surface area contributed by atoms with Gasteiger partial charge in [-0.25, -0.2) is 19.8 Å². The molecule has 0 spiro atoms. The molecule has 14 nitrogen and oxygen atoms in total. The van der Waals surface area contributed by atoms with Crippen molar-refractivity contribution < 1.29 is 43.1 Å². The fourth-order valence-electron chi connectivity index (χ4n) is 4.16. The van der Waals surface area contributed by atoms with Gasteiger partial charge in [0.05, 0.1) is 25.7 Å². The molecule has 3 rings (SSSR count). The topological polar surface area (TPSA) is 186 Å². The maximum Gasteiger partial charge on any atom is 0.358 e. The minimum Gasteiger partial charge on any atom is -0.481 e. The second-order valence-corrected chi connectivity index (χ2v) is 8.91. The molecule has 210 valence electrons. The van der Waals surface area contributed by atoms with Gasteiger partial charge in [0.2, 0.25) is 17.7 Å². The van der Waals surface area contributed by atoms with Crippen LogP contribution in [0.5, 0.6) is 0 Å². The van der Waals surface area contributed by atoms with Crippen LogP contribution in [0, 0.1) is 0 Å². The molecular formula is C24H29FN6O8. The van der Waals surface area contributed by atoms with Gasteiger partial charge in [-0.15, -0.1) is 0 Å². The summed E-state index contributed by atoms with van der Waals surface area (Å²) in [6, 6.07) is 2.33. The number of carboxylic acid groups (broad SMARTS) is 1. The number of hydrogen-bond acceptors (Lipinski definition) is 7. The Bertz CT molecular complexity index is 1130. The summed E-state index contributed by atoms with van der Waals surface area (Å²) in [5, 5.41) is 16.8. The van der Waals surface area contributed by atoms with Gasteiger partial charge in [-0.3, -0.25) is 33.8 Å². The highest BCUT2D eigenvalue weighted by Crippen LogP contribution is 2.24. The first kappa shape index (κ1) is 29.0. The summed E-state index contributed by atoms with van der Waals surface area (Å²) in [6.07, 6.45) is 0.0977. The monoisotopic (exact) mass is 548 g/mol. The Morgan fingerprint density at radius 2 is 1.85 bits per heavy atom. The predicted octanol–water partition coefficient (Wildman–Crippen LogP) is 0.212. The third-order valence-corrected chi connectivity index (χ3v) is 6.06. The molecule has 2 aliphatic rings. The van der Waals surface area contributed by atoms with Gasteiger partial charge in [0.25, 0.3) is 5.91 Å². The van der Waals surface area contributed by atoms with E-state index < -0.39 is 54.9 Å². The minimum absolute atomic E-state index is 0.0103. The van der Waals surface area contributed by atoms with Crippen LogP contribution in [0.3, 0.4) is 0 Å². The van der Waals surface area contributed by atoms with E-state index in [9.17, 15) is 38.0 Å². The van der Waals surface area contributed by atoms with Gasteiger partial charge >= 0.3 is 12.0 Å². The number of fused-ring (bicyclic) bond motifs is 1. The van der Waals surface area contributed by atoms with Crippen LogP contribution in [0.25, 0.3) is 0 Å². The number of anilines is 1. The van der Waals surface area contributed by atoms with Gasteiger partial charge in [-0.2, -0.15) is 0 Å². The summed E-state index contributed by atoms with van der Waals surface area (Å²) >= 11 is 0. The average molecular weight is 549 g/mol. The van der Waals surface area contributed by atoms with Crippen molar-refractivity contribution in [1.82, 2.24) is 25.8 Å². The van der Waals surface area contributed by atoms with E-state index in [0.29, 0.717) is 12.1 Å². The molecule has 1 aromatic carbocycles. The Labute approximate surface area is 222 Å². The van der Waals surface area contributed by atoms with Crippen LogP contribution in [0.2, 0.25) is 0 Å². The first-order valence-electron chi connectivity index (χ1n) is 12.3. The largest absolute Gasteiger partial charge is 0.481 e. The van der Waals surface area contributed by atoms with E-state index >= 15 is 0 Å². The Morgan fingerprint density at radius 3 is 2.49 bits per heavy atom. The van der Waals surface area contributed by atoms with Gasteiger partial charge in [0.1, 0.15) is 12.3 Å². The normalized spacial score (nSPS) is 18.0. The van der Waals surface area contributed by atoms with Gasteiger partial charge < -0.3 is 20.5 Å². The number of hydrogen-bond donors (Lipinski definition) is 4. The van der Waals surface area contributed by atoms with Crippen molar-refractivity contribution in [2.45, 2.75) is 50.6 Å². The highest BCUT2D eigenvalue weighted by atomic mass is 19.1. The lowest BCUT2D eigenvalue weighted by atomic mass is 10.1. The number of aldehydes is 1. The van der Waals surface area contributed by atoms with Gasteiger partial charge in [0.15, 0.2) is 0 Å². The highest BCUT2D eigenvalue weighted by Gasteiger charge is 2.44. The molecule has 6 amide bonds. The van der Waals surface area contributed by atoms with E-state index in [4.69, 9.17) is 5.11 Å². The van der Waals surface area contributed by atoms with Crippen molar-refractivity contribution in [2.24, 2.45) is 0 Å². The van der Waals surface area contributed by atoms with Crippen LogP contribution in [0.15, 0.2) is 24.3 Å². The Kier molecular flexibility index (Phi) is 9.89. The molecule has 2 fully saturated rings. The molecule has 0 bridgehead atoms. The van der Waals surface area contributed by atoms with E-state index in [2.05, 4.69) is 16.1 Å². The van der Waals surface area contributed by atoms with Crippen molar-refractivity contribution >= 4 is 47.6 Å². The zero-order valence-electron chi connectivity index (χ0n) is 20.9. The molecule has 2 atom stereocenters. The number of alkyl halides is 1. The Balaban J connectivity index is 1.72. The highest BCUT2D eigenvalue weighted by molar-refractivity contribution is 5.98. The number of carbonyl (C=O) groups excluding carboxylic acids is 6. The standard InChI is InChI=1S/C24H29FN6O8/c25-10-1-4-19(33)26-16-7-5-15(6-8-16)22(37)28-29-12-9-20(34)30-11-2-3-18(31(30)24(29)39)23(38)27-17(14-32)13-21(35)36/h5-8,14,17-18H,1-4,9-13H2,(H,26,33)(H,27,38)(H,28,37)(H,35,36)/t17-,18-/m0/s1. The number of nitrogens with one attached hydrogen (secondary N) is 3. The molecule has 1 aromatic rings. The molecule has 0 aromatic heterocycles. The molecule has 2 heterocycles. The van der Waals surface area contributed by atoms with Gasteiger partial charge in [-0.1, -0.05) is 0 Å².